The molecular formula is C21H27Cl2N. The van der Waals surface area contributed by atoms with Gasteiger partial charge in [-0.1, -0.05) is 68.8 Å². The van der Waals surface area contributed by atoms with Crippen molar-refractivity contribution in [3.05, 3.63) is 57.2 Å². The molecule has 0 amide bonds. The van der Waals surface area contributed by atoms with Crippen molar-refractivity contribution in [2.45, 2.75) is 64.3 Å². The zero-order chi connectivity index (χ0) is 17.1. The van der Waals surface area contributed by atoms with Gasteiger partial charge in [0.25, 0.3) is 0 Å². The number of nitrogens with one attached hydrogen (secondary N) is 1. The summed E-state index contributed by atoms with van der Waals surface area (Å²) in [7, 11) is 0. The molecule has 2 atom stereocenters. The van der Waals surface area contributed by atoms with Gasteiger partial charge in [0.05, 0.1) is 6.04 Å². The molecular weight excluding hydrogens is 337 g/mol. The zero-order valence-corrected chi connectivity index (χ0v) is 16.1. The molecule has 2 aliphatic rings. The van der Waals surface area contributed by atoms with E-state index in [9.17, 15) is 0 Å². The van der Waals surface area contributed by atoms with Crippen molar-refractivity contribution in [3.63, 3.8) is 0 Å². The van der Waals surface area contributed by atoms with E-state index in [2.05, 4.69) is 43.6 Å². The summed E-state index contributed by atoms with van der Waals surface area (Å²) < 4.78 is 0. The fourth-order valence-corrected chi connectivity index (χ4v) is 5.19. The minimum Gasteiger partial charge on any atom is -0.384 e. The van der Waals surface area contributed by atoms with Crippen LogP contribution in [0.2, 0.25) is 10.0 Å². The fourth-order valence-electron chi connectivity index (χ4n) is 4.53. The lowest BCUT2D eigenvalue weighted by molar-refractivity contribution is 0.321. The molecule has 0 spiro atoms. The van der Waals surface area contributed by atoms with E-state index in [0.717, 1.165) is 22.9 Å². The number of dihydropyridines is 1. The van der Waals surface area contributed by atoms with E-state index in [1.807, 2.05) is 6.07 Å². The highest BCUT2D eigenvalue weighted by Crippen LogP contribution is 2.46. The molecule has 0 radical (unpaired) electrons. The van der Waals surface area contributed by atoms with Crippen LogP contribution in [0.1, 0.15) is 63.0 Å². The van der Waals surface area contributed by atoms with Crippen LogP contribution in [0.4, 0.5) is 0 Å². The Morgan fingerprint density at radius 1 is 1.12 bits per heavy atom. The number of rotatable bonds is 5. The number of hydrogen-bond acceptors (Lipinski definition) is 1. The third kappa shape index (κ3) is 3.53. The summed E-state index contributed by atoms with van der Waals surface area (Å²) in [5, 5.41) is 5.25. The molecule has 0 bridgehead atoms. The highest BCUT2D eigenvalue weighted by atomic mass is 35.5. The van der Waals surface area contributed by atoms with Gasteiger partial charge < -0.3 is 5.32 Å². The minimum atomic E-state index is 0.359. The molecule has 1 N–H and O–H groups in total. The van der Waals surface area contributed by atoms with Gasteiger partial charge in [-0.2, -0.15) is 0 Å². The van der Waals surface area contributed by atoms with Crippen LogP contribution in [0.25, 0.3) is 0 Å². The molecule has 24 heavy (non-hydrogen) atoms. The van der Waals surface area contributed by atoms with E-state index >= 15 is 0 Å². The van der Waals surface area contributed by atoms with Gasteiger partial charge in [-0.05, 0) is 59.9 Å². The standard InChI is InChI=1S/C21H27Cl2N/c1-3-6-14(7-4-2)20-19-16(12-17(22)13-18(19)23)10-9-15-8-5-11-24-21(15)20/h5,8,11-14,20-21,24H,3-4,6-7,9-10H2,1-2H3. The Hall–Kier alpha value is -0.920. The van der Waals surface area contributed by atoms with Gasteiger partial charge in [0.2, 0.25) is 0 Å². The van der Waals surface area contributed by atoms with Gasteiger partial charge in [0, 0.05) is 16.0 Å². The first-order valence-electron chi connectivity index (χ1n) is 9.25. The first kappa shape index (κ1) is 17.9. The third-order valence-electron chi connectivity index (χ3n) is 5.46. The van der Waals surface area contributed by atoms with Gasteiger partial charge >= 0.3 is 0 Å². The first-order chi connectivity index (χ1) is 11.7. The van der Waals surface area contributed by atoms with Crippen molar-refractivity contribution < 1.29 is 0 Å². The average Bonchev–Trinajstić information content (AvgIpc) is 2.72. The van der Waals surface area contributed by atoms with Crippen molar-refractivity contribution in [2.75, 3.05) is 0 Å². The summed E-state index contributed by atoms with van der Waals surface area (Å²) in [5.74, 6) is 1.06. The molecule has 3 rings (SSSR count). The van der Waals surface area contributed by atoms with Gasteiger partial charge in [-0.15, -0.1) is 0 Å². The molecule has 1 aromatic rings. The Morgan fingerprint density at radius 3 is 2.58 bits per heavy atom. The van der Waals surface area contributed by atoms with Crippen LogP contribution >= 0.6 is 23.2 Å². The predicted octanol–water partition coefficient (Wildman–Crippen LogP) is 6.65. The second-order valence-electron chi connectivity index (χ2n) is 7.07. The Bertz CT molecular complexity index is 641. The Kier molecular flexibility index (Phi) is 5.94. The second-order valence-corrected chi connectivity index (χ2v) is 7.91. The van der Waals surface area contributed by atoms with Crippen molar-refractivity contribution in [1.82, 2.24) is 5.32 Å². The van der Waals surface area contributed by atoms with Crippen LogP contribution in [-0.2, 0) is 6.42 Å². The number of aryl methyl sites for hydroxylation is 1. The Labute approximate surface area is 156 Å². The molecule has 1 aromatic carbocycles. The molecule has 1 aliphatic carbocycles. The second kappa shape index (κ2) is 7.97. The summed E-state index contributed by atoms with van der Waals surface area (Å²) in [6, 6.07) is 4.42. The highest BCUT2D eigenvalue weighted by molar-refractivity contribution is 6.35. The normalized spacial score (nSPS) is 22.5. The SMILES string of the molecule is CCCC(CCC)C1c2c(Cl)cc(Cl)cc2CCC2=CC=CNC21. The Morgan fingerprint density at radius 2 is 1.88 bits per heavy atom. The fraction of sp³-hybridized carbons (Fsp3) is 0.524. The van der Waals surface area contributed by atoms with Gasteiger partial charge in [-0.3, -0.25) is 0 Å². The lowest BCUT2D eigenvalue weighted by Gasteiger charge is -2.36. The lowest BCUT2D eigenvalue weighted by atomic mass is 9.74. The number of fused-ring (bicyclic) bond motifs is 2. The summed E-state index contributed by atoms with van der Waals surface area (Å²) in [5.41, 5.74) is 4.18. The molecule has 0 saturated heterocycles. The third-order valence-corrected chi connectivity index (χ3v) is 5.99. The van der Waals surface area contributed by atoms with E-state index in [1.165, 1.54) is 42.4 Å². The molecule has 2 unspecified atom stereocenters. The minimum absolute atomic E-state index is 0.359. The monoisotopic (exact) mass is 363 g/mol. The molecule has 130 valence electrons. The number of hydrogen-bond donors (Lipinski definition) is 1. The molecule has 3 heteroatoms. The highest BCUT2D eigenvalue weighted by Gasteiger charge is 2.37. The molecule has 0 fully saturated rings. The first-order valence-corrected chi connectivity index (χ1v) is 10.0. The van der Waals surface area contributed by atoms with Crippen LogP contribution < -0.4 is 5.32 Å². The molecule has 0 saturated carbocycles. The van der Waals surface area contributed by atoms with Crippen LogP contribution in [0, 0.1) is 5.92 Å². The van der Waals surface area contributed by atoms with Crippen LogP contribution in [-0.4, -0.2) is 6.04 Å². The number of allylic oxidation sites excluding steroid dienone is 2. The van der Waals surface area contributed by atoms with Crippen molar-refractivity contribution >= 4 is 23.2 Å². The lowest BCUT2D eigenvalue weighted by Crippen LogP contribution is -2.38. The summed E-state index contributed by atoms with van der Waals surface area (Å²) >= 11 is 13.1. The van der Waals surface area contributed by atoms with E-state index < -0.39 is 0 Å². The maximum absolute atomic E-state index is 6.74. The molecule has 1 heterocycles. The topological polar surface area (TPSA) is 12.0 Å². The van der Waals surface area contributed by atoms with Crippen molar-refractivity contribution in [1.29, 1.82) is 0 Å². The largest absolute Gasteiger partial charge is 0.384 e. The zero-order valence-electron chi connectivity index (χ0n) is 14.6. The van der Waals surface area contributed by atoms with Crippen molar-refractivity contribution in [2.24, 2.45) is 5.92 Å². The van der Waals surface area contributed by atoms with Crippen LogP contribution in [0.5, 0.6) is 0 Å². The molecule has 1 nitrogen and oxygen atoms in total. The van der Waals surface area contributed by atoms with Gasteiger partial charge in [-0.25, -0.2) is 0 Å². The van der Waals surface area contributed by atoms with Crippen LogP contribution in [0.15, 0.2) is 36.1 Å². The van der Waals surface area contributed by atoms with Gasteiger partial charge in [0.1, 0.15) is 0 Å². The summed E-state index contributed by atoms with van der Waals surface area (Å²) in [6.07, 6.45) is 13.5. The van der Waals surface area contributed by atoms with Crippen molar-refractivity contribution in [3.8, 4) is 0 Å². The summed E-state index contributed by atoms with van der Waals surface area (Å²) in [4.78, 5) is 0. The Balaban J connectivity index is 2.12. The predicted molar refractivity (Wildman–Crippen MR) is 105 cm³/mol. The summed E-state index contributed by atoms with van der Waals surface area (Å²) in [6.45, 7) is 4.57. The maximum atomic E-state index is 6.74. The van der Waals surface area contributed by atoms with E-state index in [-0.39, 0.29) is 0 Å². The number of halogens is 2. The molecule has 1 aliphatic heterocycles. The maximum Gasteiger partial charge on any atom is 0.0543 e. The smallest absolute Gasteiger partial charge is 0.0543 e. The average molecular weight is 364 g/mol. The van der Waals surface area contributed by atoms with Crippen LogP contribution in [0.3, 0.4) is 0 Å². The van der Waals surface area contributed by atoms with E-state index in [4.69, 9.17) is 23.2 Å². The quantitative estimate of drug-likeness (QED) is 0.617. The van der Waals surface area contributed by atoms with E-state index in [0.29, 0.717) is 17.9 Å². The molecule has 0 aromatic heterocycles. The van der Waals surface area contributed by atoms with Gasteiger partial charge in [0.15, 0.2) is 0 Å². The van der Waals surface area contributed by atoms with E-state index in [1.54, 1.807) is 0 Å². The number of benzene rings is 1.